The molecule has 0 fully saturated rings. The number of urea groups is 1. The fraction of sp³-hybridized carbons (Fsp3) is 0.200. The van der Waals surface area contributed by atoms with E-state index in [4.69, 9.17) is 4.74 Å². The molecular formula is C20H22N4O2S. The van der Waals surface area contributed by atoms with E-state index in [0.29, 0.717) is 6.54 Å². The predicted molar refractivity (Wildman–Crippen MR) is 107 cm³/mol. The molecule has 0 spiro atoms. The van der Waals surface area contributed by atoms with E-state index in [9.17, 15) is 4.79 Å². The van der Waals surface area contributed by atoms with Crippen molar-refractivity contribution in [1.29, 1.82) is 0 Å². The molecule has 2 amide bonds. The van der Waals surface area contributed by atoms with E-state index in [2.05, 4.69) is 15.7 Å². The molecule has 2 N–H and O–H groups in total. The summed E-state index contributed by atoms with van der Waals surface area (Å²) < 4.78 is 7.01. The first-order valence-corrected chi connectivity index (χ1v) is 9.49. The van der Waals surface area contributed by atoms with Crippen molar-refractivity contribution in [1.82, 2.24) is 15.1 Å². The lowest BCUT2D eigenvalue weighted by Crippen LogP contribution is -2.30. The number of carbonyl (C=O) groups excluding carboxylic acids is 1. The number of hydrogen-bond donors (Lipinski definition) is 2. The number of nitrogens with zero attached hydrogens (tertiary/aromatic N) is 2. The van der Waals surface area contributed by atoms with Gasteiger partial charge in [-0.05, 0) is 61.0 Å². The van der Waals surface area contributed by atoms with E-state index in [0.717, 1.165) is 34.2 Å². The largest absolute Gasteiger partial charge is 0.497 e. The summed E-state index contributed by atoms with van der Waals surface area (Å²) in [6.45, 7) is 1.38. The van der Waals surface area contributed by atoms with Crippen molar-refractivity contribution in [3.05, 3.63) is 67.0 Å². The Labute approximate surface area is 162 Å². The van der Waals surface area contributed by atoms with E-state index in [1.807, 2.05) is 65.5 Å². The number of rotatable bonds is 8. The molecule has 1 heterocycles. The highest BCUT2D eigenvalue weighted by atomic mass is 32.2. The zero-order valence-electron chi connectivity index (χ0n) is 15.1. The van der Waals surface area contributed by atoms with Gasteiger partial charge in [-0.1, -0.05) is 11.8 Å². The molecular weight excluding hydrogens is 360 g/mol. The Morgan fingerprint density at radius 2 is 1.81 bits per heavy atom. The number of amides is 2. The lowest BCUT2D eigenvalue weighted by molar-refractivity contribution is 0.251. The number of methoxy groups -OCH3 is 1. The van der Waals surface area contributed by atoms with Crippen LogP contribution in [0.15, 0.2) is 76.8 Å². The SMILES string of the molecule is COc1ccc(Sc2ccc(NC(=O)NCCCn3cccn3)cc2)cc1. The van der Waals surface area contributed by atoms with E-state index in [-0.39, 0.29) is 6.03 Å². The first kappa shape index (κ1) is 18.8. The zero-order valence-corrected chi connectivity index (χ0v) is 15.9. The van der Waals surface area contributed by atoms with Gasteiger partial charge in [-0.2, -0.15) is 5.10 Å². The number of nitrogens with one attached hydrogen (secondary N) is 2. The third kappa shape index (κ3) is 6.07. The monoisotopic (exact) mass is 382 g/mol. The van der Waals surface area contributed by atoms with Crippen molar-refractivity contribution < 1.29 is 9.53 Å². The molecule has 0 unspecified atom stereocenters. The molecule has 0 saturated carbocycles. The molecule has 3 aromatic rings. The number of ether oxygens (including phenoxy) is 1. The number of benzene rings is 2. The molecule has 6 nitrogen and oxygen atoms in total. The molecule has 2 aromatic carbocycles. The van der Waals surface area contributed by atoms with Gasteiger partial charge in [-0.3, -0.25) is 4.68 Å². The molecule has 27 heavy (non-hydrogen) atoms. The zero-order chi connectivity index (χ0) is 18.9. The number of aryl methyl sites for hydroxylation is 1. The standard InChI is InChI=1S/C20H22N4O2S/c1-26-17-6-10-19(11-7-17)27-18-8-4-16(5-9-18)23-20(25)21-12-2-14-24-15-3-13-22-24/h3-11,13,15H,2,12,14H2,1H3,(H2,21,23,25). The van der Waals surface area contributed by atoms with Crippen LogP contribution < -0.4 is 15.4 Å². The molecule has 0 bridgehead atoms. The van der Waals surface area contributed by atoms with E-state index in [1.165, 1.54) is 0 Å². The van der Waals surface area contributed by atoms with Crippen molar-refractivity contribution in [2.45, 2.75) is 22.8 Å². The Kier molecular flexibility index (Phi) is 6.76. The molecule has 0 aliphatic carbocycles. The third-order valence-corrected chi connectivity index (χ3v) is 4.83. The normalized spacial score (nSPS) is 10.4. The van der Waals surface area contributed by atoms with E-state index < -0.39 is 0 Å². The smallest absolute Gasteiger partial charge is 0.319 e. The highest BCUT2D eigenvalue weighted by Gasteiger charge is 2.03. The van der Waals surface area contributed by atoms with Crippen molar-refractivity contribution in [3.63, 3.8) is 0 Å². The van der Waals surface area contributed by atoms with Gasteiger partial charge in [0.2, 0.25) is 0 Å². The minimum absolute atomic E-state index is 0.203. The second-order valence-corrected chi connectivity index (χ2v) is 6.95. The lowest BCUT2D eigenvalue weighted by Gasteiger charge is -2.09. The van der Waals surface area contributed by atoms with Crippen LogP contribution in [0.1, 0.15) is 6.42 Å². The molecule has 3 rings (SSSR count). The summed E-state index contributed by atoms with van der Waals surface area (Å²) in [6.07, 6.45) is 4.48. The van der Waals surface area contributed by atoms with Gasteiger partial charge in [0.15, 0.2) is 0 Å². The Morgan fingerprint density at radius 1 is 1.11 bits per heavy atom. The summed E-state index contributed by atoms with van der Waals surface area (Å²) in [5, 5.41) is 9.82. The maximum absolute atomic E-state index is 11.9. The number of hydrogen-bond acceptors (Lipinski definition) is 4. The summed E-state index contributed by atoms with van der Waals surface area (Å²) in [7, 11) is 1.66. The van der Waals surface area contributed by atoms with Crippen LogP contribution in [0.25, 0.3) is 0 Å². The van der Waals surface area contributed by atoms with Crippen molar-refractivity contribution in [2.24, 2.45) is 0 Å². The average Bonchev–Trinajstić information content (AvgIpc) is 3.21. The van der Waals surface area contributed by atoms with Gasteiger partial charge in [0.05, 0.1) is 7.11 Å². The number of anilines is 1. The topological polar surface area (TPSA) is 68.2 Å². The first-order valence-electron chi connectivity index (χ1n) is 8.67. The van der Waals surface area contributed by atoms with Crippen LogP contribution in [0, 0.1) is 0 Å². The molecule has 0 aliphatic rings. The third-order valence-electron chi connectivity index (χ3n) is 3.82. The number of aromatic nitrogens is 2. The van der Waals surface area contributed by atoms with Crippen molar-refractivity contribution >= 4 is 23.5 Å². The second-order valence-electron chi connectivity index (χ2n) is 5.81. The summed E-state index contributed by atoms with van der Waals surface area (Å²) in [4.78, 5) is 14.2. The number of carbonyl (C=O) groups is 1. The molecule has 0 saturated heterocycles. The first-order chi connectivity index (χ1) is 13.2. The molecule has 140 valence electrons. The van der Waals surface area contributed by atoms with Gasteiger partial charge >= 0.3 is 6.03 Å². The van der Waals surface area contributed by atoms with Crippen LogP contribution in [0.4, 0.5) is 10.5 Å². The van der Waals surface area contributed by atoms with Gasteiger partial charge in [0.25, 0.3) is 0 Å². The average molecular weight is 382 g/mol. The Balaban J connectivity index is 1.41. The fourth-order valence-corrected chi connectivity index (χ4v) is 3.25. The second kappa shape index (κ2) is 9.68. The fourth-order valence-electron chi connectivity index (χ4n) is 2.44. The molecule has 1 aromatic heterocycles. The van der Waals surface area contributed by atoms with Crippen LogP contribution >= 0.6 is 11.8 Å². The van der Waals surface area contributed by atoms with Gasteiger partial charge < -0.3 is 15.4 Å². The maximum Gasteiger partial charge on any atom is 0.319 e. The predicted octanol–water partition coefficient (Wildman–Crippen LogP) is 4.25. The Bertz CT molecular complexity index is 833. The van der Waals surface area contributed by atoms with E-state index >= 15 is 0 Å². The summed E-state index contributed by atoms with van der Waals surface area (Å²) in [6, 6.07) is 17.4. The molecule has 0 radical (unpaired) electrons. The Hall–Kier alpha value is -2.93. The van der Waals surface area contributed by atoms with E-state index in [1.54, 1.807) is 25.1 Å². The van der Waals surface area contributed by atoms with Gasteiger partial charge in [0.1, 0.15) is 5.75 Å². The minimum atomic E-state index is -0.203. The summed E-state index contributed by atoms with van der Waals surface area (Å²) in [5.74, 6) is 0.842. The summed E-state index contributed by atoms with van der Waals surface area (Å²) in [5.41, 5.74) is 0.763. The Morgan fingerprint density at radius 3 is 2.44 bits per heavy atom. The lowest BCUT2D eigenvalue weighted by atomic mass is 10.3. The molecule has 0 aliphatic heterocycles. The van der Waals surface area contributed by atoms with Crippen LogP contribution in [-0.4, -0.2) is 29.5 Å². The highest BCUT2D eigenvalue weighted by molar-refractivity contribution is 7.99. The van der Waals surface area contributed by atoms with Crippen molar-refractivity contribution in [3.8, 4) is 5.75 Å². The molecule has 7 heteroatoms. The van der Waals surface area contributed by atoms with Crippen molar-refractivity contribution in [2.75, 3.05) is 19.0 Å². The van der Waals surface area contributed by atoms with Crippen LogP contribution in [-0.2, 0) is 6.54 Å². The quantitative estimate of drug-likeness (QED) is 0.572. The maximum atomic E-state index is 11.9. The highest BCUT2D eigenvalue weighted by Crippen LogP contribution is 2.29. The van der Waals surface area contributed by atoms with Crippen LogP contribution in [0.2, 0.25) is 0 Å². The van der Waals surface area contributed by atoms with Crippen LogP contribution in [0.5, 0.6) is 5.75 Å². The van der Waals surface area contributed by atoms with Crippen LogP contribution in [0.3, 0.4) is 0 Å². The van der Waals surface area contributed by atoms with Gasteiger partial charge in [-0.25, -0.2) is 4.79 Å². The summed E-state index contributed by atoms with van der Waals surface area (Å²) >= 11 is 1.66. The molecule has 0 atom stereocenters. The van der Waals surface area contributed by atoms with Gasteiger partial charge in [0, 0.05) is 41.0 Å². The minimum Gasteiger partial charge on any atom is -0.497 e. The van der Waals surface area contributed by atoms with Gasteiger partial charge in [-0.15, -0.1) is 0 Å².